The van der Waals surface area contributed by atoms with E-state index in [1.807, 2.05) is 6.20 Å². The van der Waals surface area contributed by atoms with Crippen LogP contribution in [0.3, 0.4) is 0 Å². The lowest BCUT2D eigenvalue weighted by Crippen LogP contribution is -2.24. The second-order valence-electron chi connectivity index (χ2n) is 7.73. The molecule has 2 aromatic carbocycles. The van der Waals surface area contributed by atoms with Crippen LogP contribution in [0, 0.1) is 11.6 Å². The van der Waals surface area contributed by atoms with Gasteiger partial charge in [0.15, 0.2) is 11.6 Å². The molecule has 0 atom stereocenters. The normalized spacial score (nSPS) is 11.0. The quantitative estimate of drug-likeness (QED) is 0.267. The van der Waals surface area contributed by atoms with Crippen molar-refractivity contribution in [1.82, 2.24) is 15.3 Å². The van der Waals surface area contributed by atoms with Gasteiger partial charge in [0.05, 0.1) is 12.1 Å². The molecule has 3 aromatic heterocycles. The Hall–Kier alpha value is -4.04. The molecule has 1 amide bonds. The van der Waals surface area contributed by atoms with E-state index in [1.165, 1.54) is 6.07 Å². The lowest BCUT2D eigenvalue weighted by atomic mass is 10.1. The highest BCUT2D eigenvalue weighted by molar-refractivity contribution is 7.15. The van der Waals surface area contributed by atoms with E-state index >= 15 is 0 Å². The van der Waals surface area contributed by atoms with Crippen LogP contribution in [0.2, 0.25) is 0 Å². The van der Waals surface area contributed by atoms with Gasteiger partial charge in [-0.25, -0.2) is 13.8 Å². The number of nitrogens with one attached hydrogen (secondary N) is 3. The van der Waals surface area contributed by atoms with Crippen molar-refractivity contribution in [3.05, 3.63) is 107 Å². The molecule has 0 aliphatic carbocycles. The molecule has 5 nitrogen and oxygen atoms in total. The molecule has 0 saturated heterocycles. The van der Waals surface area contributed by atoms with Crippen molar-refractivity contribution in [2.75, 3.05) is 5.32 Å². The fourth-order valence-corrected chi connectivity index (χ4v) is 4.61. The fourth-order valence-electron chi connectivity index (χ4n) is 3.66. The summed E-state index contributed by atoms with van der Waals surface area (Å²) in [6.45, 7) is 0.585. The fraction of sp³-hybridized carbons (Fsp3) is 0.0769. The van der Waals surface area contributed by atoms with E-state index in [2.05, 4.69) is 57.0 Å². The first-order valence-corrected chi connectivity index (χ1v) is 11.5. The number of nitrogens with zero attached hydrogens (tertiary/aromatic N) is 1. The van der Waals surface area contributed by atoms with Crippen molar-refractivity contribution < 1.29 is 13.6 Å². The third-order valence-electron chi connectivity index (χ3n) is 5.42. The standard InChI is InChI=1S/C26H20F2N4OS/c27-21-6-3-16(12-22(21)28)14-32-26(33)20-2-1-10-30-25(20)31-15-19-5-8-24(34-19)18-4-7-23-17(13-18)9-11-29-23/h1-13,29H,14-15H2,(H,30,31)(H,32,33). The predicted molar refractivity (Wildman–Crippen MR) is 131 cm³/mol. The number of amides is 1. The zero-order valence-corrected chi connectivity index (χ0v) is 18.8. The molecule has 3 heterocycles. The first-order chi connectivity index (χ1) is 16.6. The summed E-state index contributed by atoms with van der Waals surface area (Å²) in [6.07, 6.45) is 3.54. The summed E-state index contributed by atoms with van der Waals surface area (Å²) < 4.78 is 26.5. The van der Waals surface area contributed by atoms with Gasteiger partial charge in [0.2, 0.25) is 0 Å². The van der Waals surface area contributed by atoms with Crippen LogP contribution in [0.1, 0.15) is 20.8 Å². The van der Waals surface area contributed by atoms with Gasteiger partial charge in [-0.3, -0.25) is 4.79 Å². The predicted octanol–water partition coefficient (Wildman–Crippen LogP) is 6.11. The van der Waals surface area contributed by atoms with Crippen LogP contribution in [0.15, 0.2) is 79.1 Å². The molecular formula is C26H20F2N4OS. The molecule has 0 bridgehead atoms. The molecule has 0 saturated carbocycles. The van der Waals surface area contributed by atoms with Crippen molar-refractivity contribution in [3.8, 4) is 10.4 Å². The average Bonchev–Trinajstić information content (AvgIpc) is 3.52. The summed E-state index contributed by atoms with van der Waals surface area (Å²) in [5, 5.41) is 7.13. The molecule has 0 aliphatic heterocycles. The van der Waals surface area contributed by atoms with Crippen LogP contribution in [0.4, 0.5) is 14.6 Å². The molecule has 0 unspecified atom stereocenters. The van der Waals surface area contributed by atoms with Gasteiger partial charge in [-0.2, -0.15) is 0 Å². The van der Waals surface area contributed by atoms with E-state index in [0.29, 0.717) is 23.5 Å². The number of fused-ring (bicyclic) bond motifs is 1. The highest BCUT2D eigenvalue weighted by atomic mass is 32.1. The number of pyridine rings is 1. The number of H-pyrrole nitrogens is 1. The maximum Gasteiger partial charge on any atom is 0.255 e. The Balaban J connectivity index is 1.25. The number of aromatic amines is 1. The number of aromatic nitrogens is 2. The summed E-state index contributed by atoms with van der Waals surface area (Å²) in [5.74, 6) is -1.77. The topological polar surface area (TPSA) is 69.8 Å². The zero-order chi connectivity index (χ0) is 23.5. The number of benzene rings is 2. The van der Waals surface area contributed by atoms with Gasteiger partial charge in [0.25, 0.3) is 5.91 Å². The maximum atomic E-state index is 13.4. The van der Waals surface area contributed by atoms with E-state index < -0.39 is 11.6 Å². The number of anilines is 1. The van der Waals surface area contributed by atoms with E-state index in [1.54, 1.807) is 29.7 Å². The van der Waals surface area contributed by atoms with Crippen molar-refractivity contribution >= 4 is 34.0 Å². The first-order valence-electron chi connectivity index (χ1n) is 10.6. The third kappa shape index (κ3) is 4.67. The average molecular weight is 475 g/mol. The van der Waals surface area contributed by atoms with Crippen LogP contribution in [-0.4, -0.2) is 15.9 Å². The highest BCUT2D eigenvalue weighted by Crippen LogP contribution is 2.30. The second-order valence-corrected chi connectivity index (χ2v) is 8.90. The Morgan fingerprint density at radius 1 is 0.971 bits per heavy atom. The van der Waals surface area contributed by atoms with Crippen molar-refractivity contribution in [3.63, 3.8) is 0 Å². The van der Waals surface area contributed by atoms with Gasteiger partial charge in [0.1, 0.15) is 5.82 Å². The second kappa shape index (κ2) is 9.44. The van der Waals surface area contributed by atoms with Crippen molar-refractivity contribution in [2.24, 2.45) is 0 Å². The SMILES string of the molecule is O=C(NCc1ccc(F)c(F)c1)c1cccnc1NCc1ccc(-c2ccc3[nH]ccc3c2)s1. The Kier molecular flexibility index (Phi) is 6.05. The molecular weight excluding hydrogens is 454 g/mol. The van der Waals surface area contributed by atoms with Gasteiger partial charge in [-0.05, 0) is 71.1 Å². The van der Waals surface area contributed by atoms with Crippen LogP contribution in [0.25, 0.3) is 21.3 Å². The number of halogens is 2. The van der Waals surface area contributed by atoms with E-state index in [0.717, 1.165) is 38.4 Å². The molecule has 34 heavy (non-hydrogen) atoms. The summed E-state index contributed by atoms with van der Waals surface area (Å²) in [4.78, 5) is 22.5. The molecule has 8 heteroatoms. The smallest absolute Gasteiger partial charge is 0.255 e. The van der Waals surface area contributed by atoms with E-state index in [9.17, 15) is 13.6 Å². The lowest BCUT2D eigenvalue weighted by molar-refractivity contribution is 0.0951. The minimum absolute atomic E-state index is 0.0736. The number of carbonyl (C=O) groups is 1. The van der Waals surface area contributed by atoms with Gasteiger partial charge < -0.3 is 15.6 Å². The summed E-state index contributed by atoms with van der Waals surface area (Å²) in [6, 6.07) is 19.4. The van der Waals surface area contributed by atoms with E-state index in [-0.39, 0.29) is 12.5 Å². The molecule has 0 spiro atoms. The third-order valence-corrected chi connectivity index (χ3v) is 6.55. The molecule has 5 aromatic rings. The number of hydrogen-bond acceptors (Lipinski definition) is 4. The number of carbonyl (C=O) groups excluding carboxylic acids is 1. The van der Waals surface area contributed by atoms with Gasteiger partial charge in [0, 0.05) is 34.2 Å². The van der Waals surface area contributed by atoms with Crippen LogP contribution >= 0.6 is 11.3 Å². The van der Waals surface area contributed by atoms with Crippen LogP contribution in [-0.2, 0) is 13.1 Å². The van der Waals surface area contributed by atoms with Crippen LogP contribution in [0.5, 0.6) is 0 Å². The molecule has 0 fully saturated rings. The van der Waals surface area contributed by atoms with E-state index in [4.69, 9.17) is 0 Å². The number of rotatable bonds is 7. The van der Waals surface area contributed by atoms with Gasteiger partial charge >= 0.3 is 0 Å². The highest BCUT2D eigenvalue weighted by Gasteiger charge is 2.13. The first kappa shape index (κ1) is 21.8. The summed E-state index contributed by atoms with van der Waals surface area (Å²) >= 11 is 1.67. The number of thiophene rings is 1. The van der Waals surface area contributed by atoms with Crippen molar-refractivity contribution in [2.45, 2.75) is 13.1 Å². The minimum atomic E-state index is -0.946. The van der Waals surface area contributed by atoms with Crippen LogP contribution < -0.4 is 10.6 Å². The monoisotopic (exact) mass is 474 g/mol. The molecule has 3 N–H and O–H groups in total. The van der Waals surface area contributed by atoms with Gasteiger partial charge in [-0.15, -0.1) is 11.3 Å². The van der Waals surface area contributed by atoms with Crippen molar-refractivity contribution in [1.29, 1.82) is 0 Å². The summed E-state index contributed by atoms with van der Waals surface area (Å²) in [5.41, 5.74) is 3.10. The van der Waals surface area contributed by atoms with Gasteiger partial charge in [-0.1, -0.05) is 12.1 Å². The molecule has 0 aliphatic rings. The minimum Gasteiger partial charge on any atom is -0.365 e. The Morgan fingerprint density at radius 2 is 1.88 bits per heavy atom. The largest absolute Gasteiger partial charge is 0.365 e. The molecule has 5 rings (SSSR count). The molecule has 0 radical (unpaired) electrons. The zero-order valence-electron chi connectivity index (χ0n) is 17.9. The Labute approximate surface area is 198 Å². The maximum absolute atomic E-state index is 13.4. The Bertz CT molecular complexity index is 1480. The lowest BCUT2D eigenvalue weighted by Gasteiger charge is -2.11. The number of hydrogen-bond donors (Lipinski definition) is 3. The summed E-state index contributed by atoms with van der Waals surface area (Å²) in [7, 11) is 0. The Morgan fingerprint density at radius 3 is 2.76 bits per heavy atom. The molecule has 170 valence electrons.